The Morgan fingerprint density at radius 1 is 0.946 bits per heavy atom. The molecule has 0 saturated carbocycles. The van der Waals surface area contributed by atoms with Gasteiger partial charge in [-0.3, -0.25) is 9.69 Å². The van der Waals surface area contributed by atoms with Gasteiger partial charge in [-0.1, -0.05) is 41.9 Å². The highest BCUT2D eigenvalue weighted by atomic mass is 35.5. The lowest BCUT2D eigenvalue weighted by atomic mass is 9.89. The van der Waals surface area contributed by atoms with Crippen molar-refractivity contribution in [2.75, 3.05) is 18.8 Å². The number of carbonyl (C=O) groups is 1. The van der Waals surface area contributed by atoms with Crippen LogP contribution in [-0.2, 0) is 26.1 Å². The van der Waals surface area contributed by atoms with E-state index in [4.69, 9.17) is 17.3 Å². The quantitative estimate of drug-likeness (QED) is 0.359. The Hall–Kier alpha value is -3.16. The summed E-state index contributed by atoms with van der Waals surface area (Å²) in [5, 5.41) is 0.501. The monoisotopic (exact) mass is 525 g/mol. The van der Waals surface area contributed by atoms with E-state index in [9.17, 15) is 13.6 Å². The highest BCUT2D eigenvalue weighted by Crippen LogP contribution is 2.33. The Bertz CT molecular complexity index is 1240. The van der Waals surface area contributed by atoms with Gasteiger partial charge in [0.1, 0.15) is 5.75 Å². The van der Waals surface area contributed by atoms with Crippen LogP contribution in [-0.4, -0.2) is 35.4 Å². The normalized spacial score (nSPS) is 16.4. The second-order valence-corrected chi connectivity index (χ2v) is 10.4. The molecule has 3 aromatic rings. The number of fused-ring (bicyclic) bond motifs is 1. The molecule has 0 bridgehead atoms. The number of alkyl halides is 2. The number of likely N-dealkylation sites (tertiary alicyclic amines) is 1. The van der Waals surface area contributed by atoms with Crippen LogP contribution in [0.1, 0.15) is 45.5 Å². The van der Waals surface area contributed by atoms with E-state index >= 15 is 0 Å². The van der Waals surface area contributed by atoms with Crippen molar-refractivity contribution in [3.8, 4) is 5.75 Å². The Morgan fingerprint density at radius 3 is 2.27 bits per heavy atom. The number of halogens is 3. The van der Waals surface area contributed by atoms with E-state index in [0.29, 0.717) is 29.6 Å². The summed E-state index contributed by atoms with van der Waals surface area (Å²) in [6, 6.07) is 18.5. The van der Waals surface area contributed by atoms with Crippen molar-refractivity contribution in [1.82, 2.24) is 9.80 Å². The number of nitrogen functional groups attached to an aromatic ring is 1. The van der Waals surface area contributed by atoms with Gasteiger partial charge < -0.3 is 15.4 Å². The van der Waals surface area contributed by atoms with Gasteiger partial charge in [0.2, 0.25) is 0 Å². The van der Waals surface area contributed by atoms with Gasteiger partial charge in [-0.15, -0.1) is 0 Å². The van der Waals surface area contributed by atoms with E-state index in [0.717, 1.165) is 55.7 Å². The first-order chi connectivity index (χ1) is 17.8. The summed E-state index contributed by atoms with van der Waals surface area (Å²) in [5.41, 5.74) is 11.4. The molecule has 5 rings (SSSR count). The number of hydrogen-bond donors (Lipinski definition) is 1. The molecule has 194 valence electrons. The average molecular weight is 526 g/mol. The number of ether oxygens (including phenoxy) is 1. The Morgan fingerprint density at radius 2 is 1.59 bits per heavy atom. The molecule has 0 aromatic heterocycles. The minimum atomic E-state index is -2.86. The van der Waals surface area contributed by atoms with Crippen LogP contribution in [0.5, 0.6) is 5.75 Å². The van der Waals surface area contributed by atoms with Crippen molar-refractivity contribution < 1.29 is 18.3 Å². The fraction of sp³-hybridized carbons (Fsp3) is 0.345. The van der Waals surface area contributed by atoms with E-state index in [1.54, 1.807) is 17.0 Å². The molecule has 1 fully saturated rings. The minimum absolute atomic E-state index is 0.0959. The summed E-state index contributed by atoms with van der Waals surface area (Å²) in [6.07, 6.45) is 3.20. The fourth-order valence-electron chi connectivity index (χ4n) is 5.33. The molecule has 2 heterocycles. The summed E-state index contributed by atoms with van der Waals surface area (Å²) < 4.78 is 29.2. The molecular formula is C29H30ClF2N3O2. The summed E-state index contributed by atoms with van der Waals surface area (Å²) in [5.74, 6) is 0.577. The van der Waals surface area contributed by atoms with Gasteiger partial charge in [-0.25, -0.2) is 0 Å². The number of nitrogens with zero attached hydrogens (tertiary/aromatic N) is 2. The van der Waals surface area contributed by atoms with Crippen LogP contribution in [0, 0.1) is 5.92 Å². The fourth-order valence-corrected chi connectivity index (χ4v) is 5.67. The molecular weight excluding hydrogens is 496 g/mol. The number of piperidine rings is 1. The Labute approximate surface area is 220 Å². The predicted molar refractivity (Wildman–Crippen MR) is 141 cm³/mol. The minimum Gasteiger partial charge on any atom is -0.435 e. The molecule has 37 heavy (non-hydrogen) atoms. The van der Waals surface area contributed by atoms with Gasteiger partial charge in [0.05, 0.1) is 10.6 Å². The summed E-state index contributed by atoms with van der Waals surface area (Å²) in [7, 11) is 0. The highest BCUT2D eigenvalue weighted by molar-refractivity contribution is 6.34. The summed E-state index contributed by atoms with van der Waals surface area (Å²) in [6.45, 7) is 1.05. The second-order valence-electron chi connectivity index (χ2n) is 9.96. The first-order valence-electron chi connectivity index (χ1n) is 12.5. The standard InChI is InChI=1S/C29H30ClF2N3O2/c30-26-15-22(13-19-9-11-34(12-10-19)16-20-1-5-24(33)6-2-20)14-23-18-35(28(36)27(23)26)17-21-3-7-25(8-4-21)37-29(31)32/h1-8,14-15,19,29H,9-13,16-18,33H2. The van der Waals surface area contributed by atoms with Gasteiger partial charge in [-0.05, 0) is 90.9 Å². The second kappa shape index (κ2) is 11.1. The lowest BCUT2D eigenvalue weighted by Gasteiger charge is -2.32. The molecule has 1 amide bonds. The Balaban J connectivity index is 1.17. The number of carbonyl (C=O) groups excluding carboxylic acids is 1. The van der Waals surface area contributed by atoms with Crippen molar-refractivity contribution in [2.24, 2.45) is 5.92 Å². The first kappa shape index (κ1) is 25.5. The smallest absolute Gasteiger partial charge is 0.387 e. The molecule has 3 aromatic carbocycles. The topological polar surface area (TPSA) is 58.8 Å². The molecule has 0 atom stereocenters. The average Bonchev–Trinajstić information content (AvgIpc) is 3.18. The maximum absolute atomic E-state index is 13.0. The van der Waals surface area contributed by atoms with Crippen LogP contribution in [0.3, 0.4) is 0 Å². The number of hydrogen-bond acceptors (Lipinski definition) is 4. The van der Waals surface area contributed by atoms with Gasteiger partial charge in [0.25, 0.3) is 5.91 Å². The van der Waals surface area contributed by atoms with E-state index in [1.165, 1.54) is 23.3 Å². The van der Waals surface area contributed by atoms with Gasteiger partial charge >= 0.3 is 6.61 Å². The van der Waals surface area contributed by atoms with Crippen LogP contribution in [0.4, 0.5) is 14.5 Å². The SMILES string of the molecule is Nc1ccc(CN2CCC(Cc3cc(Cl)c4c(c3)CN(Cc3ccc(OC(F)F)cc3)C4=O)CC2)cc1. The molecule has 2 aliphatic rings. The maximum Gasteiger partial charge on any atom is 0.387 e. The van der Waals surface area contributed by atoms with Crippen LogP contribution >= 0.6 is 11.6 Å². The number of anilines is 1. The van der Waals surface area contributed by atoms with E-state index < -0.39 is 6.61 Å². The molecule has 0 spiro atoms. The summed E-state index contributed by atoms with van der Waals surface area (Å²) in [4.78, 5) is 17.3. The van der Waals surface area contributed by atoms with Crippen LogP contribution < -0.4 is 10.5 Å². The highest BCUT2D eigenvalue weighted by Gasteiger charge is 2.31. The zero-order valence-electron chi connectivity index (χ0n) is 20.5. The Kier molecular flexibility index (Phi) is 7.63. The zero-order valence-corrected chi connectivity index (χ0v) is 21.3. The van der Waals surface area contributed by atoms with Crippen LogP contribution in [0.2, 0.25) is 5.02 Å². The first-order valence-corrected chi connectivity index (χ1v) is 12.9. The zero-order chi connectivity index (χ0) is 25.9. The lowest BCUT2D eigenvalue weighted by Crippen LogP contribution is -2.33. The van der Waals surface area contributed by atoms with Crippen molar-refractivity contribution in [1.29, 1.82) is 0 Å². The van der Waals surface area contributed by atoms with Crippen molar-refractivity contribution in [3.05, 3.63) is 93.5 Å². The van der Waals surface area contributed by atoms with Gasteiger partial charge in [0, 0.05) is 25.3 Å². The molecule has 1 saturated heterocycles. The predicted octanol–water partition coefficient (Wildman–Crippen LogP) is 6.13. The van der Waals surface area contributed by atoms with Crippen molar-refractivity contribution in [2.45, 2.75) is 45.5 Å². The van der Waals surface area contributed by atoms with E-state index in [2.05, 4.69) is 27.8 Å². The lowest BCUT2D eigenvalue weighted by molar-refractivity contribution is -0.0498. The number of benzene rings is 3. The molecule has 0 radical (unpaired) electrons. The third kappa shape index (κ3) is 6.22. The van der Waals surface area contributed by atoms with Crippen LogP contribution in [0.15, 0.2) is 60.7 Å². The molecule has 2 N–H and O–H groups in total. The molecule has 2 aliphatic heterocycles. The van der Waals surface area contributed by atoms with Crippen molar-refractivity contribution in [3.63, 3.8) is 0 Å². The number of rotatable bonds is 8. The van der Waals surface area contributed by atoms with Crippen molar-refractivity contribution >= 4 is 23.2 Å². The number of amides is 1. The third-order valence-electron chi connectivity index (χ3n) is 7.23. The molecule has 0 unspecified atom stereocenters. The van der Waals surface area contributed by atoms with E-state index in [-0.39, 0.29) is 11.7 Å². The van der Waals surface area contributed by atoms with Gasteiger partial charge in [0.15, 0.2) is 0 Å². The largest absolute Gasteiger partial charge is 0.435 e. The number of nitrogens with two attached hydrogens (primary N) is 1. The third-order valence-corrected chi connectivity index (χ3v) is 7.53. The molecule has 5 nitrogen and oxygen atoms in total. The molecule has 0 aliphatic carbocycles. The maximum atomic E-state index is 13.0. The van der Waals surface area contributed by atoms with Crippen LogP contribution in [0.25, 0.3) is 0 Å². The van der Waals surface area contributed by atoms with Gasteiger partial charge in [-0.2, -0.15) is 8.78 Å². The molecule has 8 heteroatoms. The van der Waals surface area contributed by atoms with E-state index in [1.807, 2.05) is 18.2 Å². The summed E-state index contributed by atoms with van der Waals surface area (Å²) >= 11 is 6.60.